The molecule has 1 unspecified atom stereocenters. The zero-order valence-electron chi connectivity index (χ0n) is 31.0. The van der Waals surface area contributed by atoms with Gasteiger partial charge in [0.05, 0.1) is 0 Å². The molecule has 0 bridgehead atoms. The second kappa shape index (κ2) is 35.9. The molecule has 1 atom stereocenters. The summed E-state index contributed by atoms with van der Waals surface area (Å²) in [5.74, 6) is -0.0981. The van der Waals surface area contributed by atoms with Crippen LogP contribution in [0.4, 0.5) is 0 Å². The van der Waals surface area contributed by atoms with Crippen molar-refractivity contribution in [2.45, 2.75) is 187 Å². The van der Waals surface area contributed by atoms with E-state index in [0.717, 1.165) is 64.3 Å². The van der Waals surface area contributed by atoms with Crippen LogP contribution in [0.1, 0.15) is 181 Å². The van der Waals surface area contributed by atoms with Crippen molar-refractivity contribution in [1.29, 1.82) is 0 Å². The van der Waals surface area contributed by atoms with E-state index in [4.69, 9.17) is 4.74 Å². The fourth-order valence-electron chi connectivity index (χ4n) is 5.46. The molecule has 0 heterocycles. The minimum atomic E-state index is -0.560. The van der Waals surface area contributed by atoms with Gasteiger partial charge in [0.15, 0.2) is 11.9 Å². The van der Waals surface area contributed by atoms with Crippen LogP contribution in [0, 0.1) is 0 Å². The van der Waals surface area contributed by atoms with Crippen molar-refractivity contribution in [3.63, 3.8) is 0 Å². The lowest BCUT2D eigenvalue weighted by atomic mass is 10.0. The number of ether oxygens (including phenoxy) is 1. The van der Waals surface area contributed by atoms with E-state index >= 15 is 0 Å². The number of carbonyl (C=O) groups excluding carboxylic acids is 2. The summed E-state index contributed by atoms with van der Waals surface area (Å²) in [6, 6.07) is 0. The van der Waals surface area contributed by atoms with Crippen molar-refractivity contribution in [1.82, 2.24) is 4.90 Å². The number of hydrogen-bond acceptors (Lipinski definition) is 4. The number of Topliss-reactive ketones (excluding diaryl/α,β-unsaturated/α-hetero) is 1. The summed E-state index contributed by atoms with van der Waals surface area (Å²) < 4.78 is 5.75. The Labute approximate surface area is 286 Å². The summed E-state index contributed by atoms with van der Waals surface area (Å²) in [5, 5.41) is 0. The number of ketones is 1. The maximum atomic E-state index is 13.1. The van der Waals surface area contributed by atoms with Crippen LogP contribution in [0.3, 0.4) is 0 Å². The Balaban J connectivity index is 4.19. The van der Waals surface area contributed by atoms with Gasteiger partial charge in [-0.1, -0.05) is 127 Å². The lowest BCUT2D eigenvalue weighted by Crippen LogP contribution is -2.27. The minimum absolute atomic E-state index is 0.121. The minimum Gasteiger partial charge on any atom is -0.454 e. The molecule has 0 rings (SSSR count). The SMILES string of the molecule is CCCCCC=CCC=CCCCCCCCC(=O)C(CCCCCCCC=CCC=CCCCCC)OC(=O)CCCN(C)C. The Kier molecular flexibility index (Phi) is 34.4. The second-order valence-electron chi connectivity index (χ2n) is 13.4. The Bertz CT molecular complexity index is 795. The standard InChI is InChI=1S/C42H75NO3/c1-5-7-9-11-13-15-17-19-21-23-25-27-29-31-33-36-40(44)41(46-42(45)38-35-39-43(3)4)37-34-32-30-28-26-24-22-20-18-16-14-12-10-8-6-2/h13-16,19-22,41H,5-12,17-18,23-39H2,1-4H3. The Morgan fingerprint density at radius 3 is 1.43 bits per heavy atom. The first-order valence-corrected chi connectivity index (χ1v) is 19.5. The molecule has 0 saturated heterocycles. The highest BCUT2D eigenvalue weighted by molar-refractivity contribution is 5.85. The van der Waals surface area contributed by atoms with Crippen molar-refractivity contribution in [3.8, 4) is 0 Å². The first-order valence-electron chi connectivity index (χ1n) is 19.5. The van der Waals surface area contributed by atoms with Crippen LogP contribution in [-0.2, 0) is 14.3 Å². The molecular formula is C42H75NO3. The van der Waals surface area contributed by atoms with Crippen molar-refractivity contribution >= 4 is 11.8 Å². The van der Waals surface area contributed by atoms with Gasteiger partial charge in [0.25, 0.3) is 0 Å². The quantitative estimate of drug-likeness (QED) is 0.0398. The molecule has 0 spiro atoms. The Hall–Kier alpha value is -1.94. The molecule has 4 heteroatoms. The van der Waals surface area contributed by atoms with Crippen molar-refractivity contribution in [2.24, 2.45) is 0 Å². The van der Waals surface area contributed by atoms with Crippen LogP contribution in [0.25, 0.3) is 0 Å². The van der Waals surface area contributed by atoms with Gasteiger partial charge < -0.3 is 9.64 Å². The van der Waals surface area contributed by atoms with Crippen molar-refractivity contribution in [3.05, 3.63) is 48.6 Å². The van der Waals surface area contributed by atoms with Crippen LogP contribution < -0.4 is 0 Å². The highest BCUT2D eigenvalue weighted by Gasteiger charge is 2.22. The largest absolute Gasteiger partial charge is 0.454 e. The molecule has 0 fully saturated rings. The molecule has 0 aromatic carbocycles. The van der Waals surface area contributed by atoms with E-state index in [2.05, 4.69) is 67.4 Å². The van der Waals surface area contributed by atoms with Gasteiger partial charge in [0, 0.05) is 12.8 Å². The third-order valence-electron chi connectivity index (χ3n) is 8.41. The number of hydrogen-bond donors (Lipinski definition) is 0. The van der Waals surface area contributed by atoms with Crippen LogP contribution in [0.5, 0.6) is 0 Å². The molecule has 0 N–H and O–H groups in total. The Morgan fingerprint density at radius 2 is 0.957 bits per heavy atom. The van der Waals surface area contributed by atoms with E-state index in [9.17, 15) is 9.59 Å². The van der Waals surface area contributed by atoms with Crippen molar-refractivity contribution in [2.75, 3.05) is 20.6 Å². The fourth-order valence-corrected chi connectivity index (χ4v) is 5.46. The predicted molar refractivity (Wildman–Crippen MR) is 201 cm³/mol. The van der Waals surface area contributed by atoms with Crippen LogP contribution in [0.2, 0.25) is 0 Å². The van der Waals surface area contributed by atoms with E-state index in [1.165, 1.54) is 89.9 Å². The molecular weight excluding hydrogens is 566 g/mol. The number of unbranched alkanes of at least 4 members (excludes halogenated alkanes) is 16. The van der Waals surface area contributed by atoms with Gasteiger partial charge in [0.1, 0.15) is 0 Å². The monoisotopic (exact) mass is 642 g/mol. The van der Waals surface area contributed by atoms with E-state index in [0.29, 0.717) is 19.3 Å². The highest BCUT2D eigenvalue weighted by Crippen LogP contribution is 2.16. The van der Waals surface area contributed by atoms with Gasteiger partial charge in [-0.3, -0.25) is 9.59 Å². The summed E-state index contributed by atoms with van der Waals surface area (Å²) in [6.45, 7) is 5.34. The molecule has 0 amide bonds. The fraction of sp³-hybridized carbons (Fsp3) is 0.762. The molecule has 4 nitrogen and oxygen atoms in total. The van der Waals surface area contributed by atoms with Crippen LogP contribution in [-0.4, -0.2) is 43.4 Å². The summed E-state index contributed by atoms with van der Waals surface area (Å²) in [4.78, 5) is 27.6. The molecule has 266 valence electrons. The van der Waals surface area contributed by atoms with E-state index in [1.54, 1.807) is 0 Å². The number of carbonyl (C=O) groups is 2. The summed E-state index contributed by atoms with van der Waals surface area (Å²) in [5.41, 5.74) is 0. The van der Waals surface area contributed by atoms with Gasteiger partial charge in [-0.2, -0.15) is 0 Å². The maximum absolute atomic E-state index is 13.1. The average Bonchev–Trinajstić information content (AvgIpc) is 3.03. The molecule has 0 saturated carbocycles. The maximum Gasteiger partial charge on any atom is 0.306 e. The molecule has 0 aliphatic rings. The first-order chi connectivity index (χ1) is 22.5. The number of rotatable bonds is 34. The van der Waals surface area contributed by atoms with E-state index in [1.807, 2.05) is 14.1 Å². The summed E-state index contributed by atoms with van der Waals surface area (Å²) in [7, 11) is 4.01. The normalized spacial score (nSPS) is 12.9. The number of allylic oxidation sites excluding steroid dienone is 8. The smallest absolute Gasteiger partial charge is 0.306 e. The molecule has 0 aromatic heterocycles. The number of nitrogens with zero attached hydrogens (tertiary/aromatic N) is 1. The van der Waals surface area contributed by atoms with E-state index in [-0.39, 0.29) is 11.8 Å². The number of esters is 1. The summed E-state index contributed by atoms with van der Waals surface area (Å²) >= 11 is 0. The van der Waals surface area contributed by atoms with Gasteiger partial charge >= 0.3 is 5.97 Å². The molecule has 46 heavy (non-hydrogen) atoms. The van der Waals surface area contributed by atoms with Gasteiger partial charge in [-0.25, -0.2) is 0 Å². The van der Waals surface area contributed by atoms with Crippen molar-refractivity contribution < 1.29 is 14.3 Å². The van der Waals surface area contributed by atoms with Gasteiger partial charge in [-0.15, -0.1) is 0 Å². The molecule has 0 aromatic rings. The highest BCUT2D eigenvalue weighted by atomic mass is 16.5. The Morgan fingerprint density at radius 1 is 0.522 bits per heavy atom. The lowest BCUT2D eigenvalue weighted by Gasteiger charge is -2.17. The molecule has 0 radical (unpaired) electrons. The lowest BCUT2D eigenvalue weighted by molar-refractivity contribution is -0.155. The zero-order valence-corrected chi connectivity index (χ0v) is 31.0. The topological polar surface area (TPSA) is 46.6 Å². The molecule has 0 aliphatic carbocycles. The van der Waals surface area contributed by atoms with Gasteiger partial charge in [0.2, 0.25) is 0 Å². The first kappa shape index (κ1) is 44.1. The third kappa shape index (κ3) is 33.4. The predicted octanol–water partition coefficient (Wildman–Crippen LogP) is 12.4. The zero-order chi connectivity index (χ0) is 33.8. The van der Waals surface area contributed by atoms with E-state index < -0.39 is 6.10 Å². The van der Waals surface area contributed by atoms with Gasteiger partial charge in [-0.05, 0) is 111 Å². The second-order valence-corrected chi connectivity index (χ2v) is 13.4. The third-order valence-corrected chi connectivity index (χ3v) is 8.41. The van der Waals surface area contributed by atoms with Crippen LogP contribution >= 0.6 is 0 Å². The molecule has 0 aliphatic heterocycles. The summed E-state index contributed by atoms with van der Waals surface area (Å²) in [6.07, 6.45) is 46.0. The average molecular weight is 642 g/mol. The van der Waals surface area contributed by atoms with Crippen LogP contribution in [0.15, 0.2) is 48.6 Å².